The number of nitrogens with two attached hydrogens (primary N) is 1. The molecule has 2 aromatic rings. The van der Waals surface area contributed by atoms with Crippen LogP contribution in [0.1, 0.15) is 11.6 Å². The minimum absolute atomic E-state index is 0.00883. The summed E-state index contributed by atoms with van der Waals surface area (Å²) >= 11 is 0. The number of benzene rings is 1. The maximum Gasteiger partial charge on any atom is 0.311 e. The highest BCUT2D eigenvalue weighted by molar-refractivity contribution is 5.81. The molecule has 1 amide bonds. The van der Waals surface area contributed by atoms with Gasteiger partial charge in [-0.2, -0.15) is 0 Å². The van der Waals surface area contributed by atoms with Crippen molar-refractivity contribution >= 4 is 17.4 Å². The summed E-state index contributed by atoms with van der Waals surface area (Å²) in [7, 11) is 0. The van der Waals surface area contributed by atoms with Crippen LogP contribution in [0.3, 0.4) is 0 Å². The van der Waals surface area contributed by atoms with Crippen LogP contribution in [-0.4, -0.2) is 46.9 Å². The highest BCUT2D eigenvalue weighted by atomic mass is 16.6. The first-order chi connectivity index (χ1) is 12.1. The second-order valence-corrected chi connectivity index (χ2v) is 5.84. The number of amides is 1. The highest BCUT2D eigenvalue weighted by Gasteiger charge is 2.31. The van der Waals surface area contributed by atoms with Gasteiger partial charge in [0.15, 0.2) is 0 Å². The summed E-state index contributed by atoms with van der Waals surface area (Å²) in [6.07, 6.45) is 1.55. The zero-order valence-corrected chi connectivity index (χ0v) is 13.6. The molecule has 3 rings (SSSR count). The molecule has 0 radical (unpaired) electrons. The molecule has 2 heterocycles. The Bertz CT molecular complexity index is 760. The van der Waals surface area contributed by atoms with E-state index in [1.54, 1.807) is 12.3 Å². The van der Waals surface area contributed by atoms with E-state index in [0.29, 0.717) is 32.0 Å². The van der Waals surface area contributed by atoms with Crippen LogP contribution in [0.5, 0.6) is 0 Å². The summed E-state index contributed by atoms with van der Waals surface area (Å²) in [4.78, 5) is 30.7. The van der Waals surface area contributed by atoms with Gasteiger partial charge in [-0.25, -0.2) is 4.98 Å². The molecule has 8 nitrogen and oxygen atoms in total. The van der Waals surface area contributed by atoms with Crippen LogP contribution >= 0.6 is 0 Å². The lowest BCUT2D eigenvalue weighted by Crippen LogP contribution is -2.50. The largest absolute Gasteiger partial charge is 0.368 e. The third-order valence-electron chi connectivity index (χ3n) is 4.33. The highest BCUT2D eigenvalue weighted by Crippen LogP contribution is 2.28. The van der Waals surface area contributed by atoms with Crippen LogP contribution in [0, 0.1) is 10.1 Å². The van der Waals surface area contributed by atoms with Crippen molar-refractivity contribution < 1.29 is 9.72 Å². The van der Waals surface area contributed by atoms with Gasteiger partial charge in [-0.15, -0.1) is 0 Å². The van der Waals surface area contributed by atoms with Gasteiger partial charge in [-0.05, 0) is 11.6 Å². The molecular formula is C17H19N5O3. The first-order valence-corrected chi connectivity index (χ1v) is 8.00. The summed E-state index contributed by atoms with van der Waals surface area (Å²) in [5.41, 5.74) is 6.46. The maximum absolute atomic E-state index is 12.0. The lowest BCUT2D eigenvalue weighted by Gasteiger charge is -2.38. The SMILES string of the molecule is NC(=O)[C@H](c1ccccc1)N1CCN(c2ncccc2[N+](=O)[O-])CC1. The number of anilines is 1. The summed E-state index contributed by atoms with van der Waals surface area (Å²) in [6, 6.07) is 11.9. The number of carbonyl (C=O) groups excluding carboxylic acids is 1. The van der Waals surface area contributed by atoms with E-state index in [2.05, 4.69) is 4.98 Å². The van der Waals surface area contributed by atoms with Crippen LogP contribution in [0.2, 0.25) is 0 Å². The number of nitro groups is 1. The zero-order chi connectivity index (χ0) is 17.8. The van der Waals surface area contributed by atoms with Gasteiger partial charge in [0, 0.05) is 38.4 Å². The molecule has 2 N–H and O–H groups in total. The molecule has 1 saturated heterocycles. The number of hydrogen-bond acceptors (Lipinski definition) is 6. The number of hydrogen-bond donors (Lipinski definition) is 1. The van der Waals surface area contributed by atoms with Crippen molar-refractivity contribution in [2.45, 2.75) is 6.04 Å². The molecule has 8 heteroatoms. The normalized spacial score (nSPS) is 16.4. The molecule has 0 spiro atoms. The van der Waals surface area contributed by atoms with Gasteiger partial charge in [-0.1, -0.05) is 30.3 Å². The van der Waals surface area contributed by atoms with Gasteiger partial charge in [0.05, 0.1) is 4.92 Å². The lowest BCUT2D eigenvalue weighted by atomic mass is 10.0. The van der Waals surface area contributed by atoms with Crippen LogP contribution < -0.4 is 10.6 Å². The average Bonchev–Trinajstić information content (AvgIpc) is 2.63. The number of piperazine rings is 1. The lowest BCUT2D eigenvalue weighted by molar-refractivity contribution is -0.384. The number of carbonyl (C=O) groups is 1. The number of primary amides is 1. The molecule has 1 aromatic heterocycles. The molecular weight excluding hydrogens is 322 g/mol. The zero-order valence-electron chi connectivity index (χ0n) is 13.6. The van der Waals surface area contributed by atoms with E-state index in [1.165, 1.54) is 6.07 Å². The van der Waals surface area contributed by atoms with Crippen molar-refractivity contribution in [3.63, 3.8) is 0 Å². The molecule has 0 aliphatic carbocycles. The van der Waals surface area contributed by atoms with Gasteiger partial charge in [0.1, 0.15) is 6.04 Å². The predicted octanol–water partition coefficient (Wildman–Crippen LogP) is 1.34. The van der Waals surface area contributed by atoms with E-state index in [9.17, 15) is 14.9 Å². The minimum atomic E-state index is -0.498. The van der Waals surface area contributed by atoms with Gasteiger partial charge in [0.25, 0.3) is 0 Å². The molecule has 1 fully saturated rings. The Morgan fingerprint density at radius 1 is 1.12 bits per heavy atom. The van der Waals surface area contributed by atoms with Gasteiger partial charge < -0.3 is 10.6 Å². The molecule has 1 atom stereocenters. The fraction of sp³-hybridized carbons (Fsp3) is 0.294. The minimum Gasteiger partial charge on any atom is -0.368 e. The van der Waals surface area contributed by atoms with Crippen molar-refractivity contribution in [2.75, 3.05) is 31.1 Å². The van der Waals surface area contributed by atoms with E-state index in [0.717, 1.165) is 5.56 Å². The van der Waals surface area contributed by atoms with Crippen LogP contribution in [0.25, 0.3) is 0 Å². The van der Waals surface area contributed by atoms with Gasteiger partial charge in [-0.3, -0.25) is 19.8 Å². The Labute approximate surface area is 145 Å². The third kappa shape index (κ3) is 3.58. The van der Waals surface area contributed by atoms with Crippen LogP contribution in [-0.2, 0) is 4.79 Å². The Kier molecular flexibility index (Phi) is 4.90. The van der Waals surface area contributed by atoms with E-state index >= 15 is 0 Å². The number of pyridine rings is 1. The molecule has 25 heavy (non-hydrogen) atoms. The fourth-order valence-corrected chi connectivity index (χ4v) is 3.16. The Hall–Kier alpha value is -3.00. The standard InChI is InChI=1S/C17H19N5O3/c18-16(23)15(13-5-2-1-3-6-13)20-9-11-21(12-10-20)17-14(22(24)25)7-4-8-19-17/h1-8,15H,9-12H2,(H2,18,23)/t15-/m0/s1. The quantitative estimate of drug-likeness (QED) is 0.650. The van der Waals surface area contributed by atoms with E-state index in [1.807, 2.05) is 40.1 Å². The molecule has 0 bridgehead atoms. The monoisotopic (exact) mass is 341 g/mol. The number of nitrogens with zero attached hydrogens (tertiary/aromatic N) is 4. The molecule has 1 aliphatic rings. The summed E-state index contributed by atoms with van der Waals surface area (Å²) < 4.78 is 0. The van der Waals surface area contributed by atoms with Crippen molar-refractivity contribution in [3.05, 3.63) is 64.3 Å². The summed E-state index contributed by atoms with van der Waals surface area (Å²) in [6.45, 7) is 2.20. The Morgan fingerprint density at radius 2 is 1.80 bits per heavy atom. The smallest absolute Gasteiger partial charge is 0.311 e. The van der Waals surface area contributed by atoms with Crippen LogP contribution in [0.15, 0.2) is 48.7 Å². The van der Waals surface area contributed by atoms with Gasteiger partial charge in [0.2, 0.25) is 11.7 Å². The third-order valence-corrected chi connectivity index (χ3v) is 4.33. The number of aromatic nitrogens is 1. The topological polar surface area (TPSA) is 106 Å². The van der Waals surface area contributed by atoms with E-state index < -0.39 is 16.9 Å². The second-order valence-electron chi connectivity index (χ2n) is 5.84. The van der Waals surface area contributed by atoms with E-state index in [-0.39, 0.29) is 5.69 Å². The Balaban J connectivity index is 1.75. The number of rotatable bonds is 5. The van der Waals surface area contributed by atoms with Crippen molar-refractivity contribution in [1.29, 1.82) is 0 Å². The molecule has 0 unspecified atom stereocenters. The molecule has 130 valence electrons. The summed E-state index contributed by atoms with van der Waals surface area (Å²) in [5, 5.41) is 11.2. The van der Waals surface area contributed by atoms with Crippen molar-refractivity contribution in [2.24, 2.45) is 5.73 Å². The van der Waals surface area contributed by atoms with Crippen LogP contribution in [0.4, 0.5) is 11.5 Å². The van der Waals surface area contributed by atoms with Crippen molar-refractivity contribution in [1.82, 2.24) is 9.88 Å². The second kappa shape index (κ2) is 7.27. The molecule has 1 aliphatic heterocycles. The molecule has 1 aromatic carbocycles. The van der Waals surface area contributed by atoms with Gasteiger partial charge >= 0.3 is 5.69 Å². The first-order valence-electron chi connectivity index (χ1n) is 8.00. The first kappa shape index (κ1) is 16.8. The summed E-state index contributed by atoms with van der Waals surface area (Å²) in [5.74, 6) is -0.0362. The fourth-order valence-electron chi connectivity index (χ4n) is 3.16. The predicted molar refractivity (Wildman–Crippen MR) is 93.1 cm³/mol. The average molecular weight is 341 g/mol. The van der Waals surface area contributed by atoms with Crippen molar-refractivity contribution in [3.8, 4) is 0 Å². The van der Waals surface area contributed by atoms with E-state index in [4.69, 9.17) is 5.73 Å². The molecule has 0 saturated carbocycles. The Morgan fingerprint density at radius 3 is 2.40 bits per heavy atom. The maximum atomic E-state index is 12.0.